The summed E-state index contributed by atoms with van der Waals surface area (Å²) in [4.78, 5) is 15.4. The molecule has 3 heterocycles. The van der Waals surface area contributed by atoms with Crippen molar-refractivity contribution in [3.05, 3.63) is 54.7 Å². The van der Waals surface area contributed by atoms with Crippen LogP contribution in [0.1, 0.15) is 24.5 Å². The largest absolute Gasteiger partial charge is 0.496 e. The lowest BCUT2D eigenvalue weighted by Gasteiger charge is -2.33. The van der Waals surface area contributed by atoms with E-state index < -0.39 is 0 Å². The molecule has 5 heteroatoms. The molecule has 5 nitrogen and oxygen atoms in total. The van der Waals surface area contributed by atoms with Crippen LogP contribution in [0.4, 0.5) is 5.82 Å². The Bertz CT molecular complexity index is 829. The zero-order chi connectivity index (χ0) is 16.4. The molecule has 24 heavy (non-hydrogen) atoms. The van der Waals surface area contributed by atoms with Crippen LogP contribution in [0, 0.1) is 0 Å². The van der Waals surface area contributed by atoms with Gasteiger partial charge >= 0.3 is 0 Å². The minimum Gasteiger partial charge on any atom is -0.496 e. The van der Waals surface area contributed by atoms with Crippen LogP contribution in [0.15, 0.2) is 49.1 Å². The van der Waals surface area contributed by atoms with E-state index in [1.54, 1.807) is 13.4 Å². The van der Waals surface area contributed by atoms with Gasteiger partial charge in [0.2, 0.25) is 0 Å². The van der Waals surface area contributed by atoms with Crippen LogP contribution in [0.3, 0.4) is 0 Å². The van der Waals surface area contributed by atoms with Crippen molar-refractivity contribution in [1.82, 2.24) is 15.0 Å². The highest BCUT2D eigenvalue weighted by Gasteiger charge is 2.23. The highest BCUT2D eigenvalue weighted by Crippen LogP contribution is 2.34. The summed E-state index contributed by atoms with van der Waals surface area (Å²) in [5.74, 6) is 2.45. The van der Waals surface area contributed by atoms with Gasteiger partial charge in [-0.3, -0.25) is 0 Å². The van der Waals surface area contributed by atoms with Crippen molar-refractivity contribution in [3.63, 3.8) is 0 Å². The van der Waals surface area contributed by atoms with Gasteiger partial charge in [0, 0.05) is 47.9 Å². The molecule has 0 amide bonds. The zero-order valence-electron chi connectivity index (χ0n) is 13.7. The van der Waals surface area contributed by atoms with Crippen molar-refractivity contribution in [3.8, 4) is 5.75 Å². The maximum Gasteiger partial charge on any atom is 0.136 e. The molecule has 0 atom stereocenters. The van der Waals surface area contributed by atoms with Gasteiger partial charge in [0.05, 0.1) is 7.11 Å². The first-order valence-electron chi connectivity index (χ1n) is 8.29. The highest BCUT2D eigenvalue weighted by molar-refractivity contribution is 5.96. The average molecular weight is 320 g/mol. The molecule has 0 bridgehead atoms. The van der Waals surface area contributed by atoms with Crippen molar-refractivity contribution in [2.75, 3.05) is 25.1 Å². The molecule has 122 valence electrons. The van der Waals surface area contributed by atoms with E-state index in [4.69, 9.17) is 4.74 Å². The summed E-state index contributed by atoms with van der Waals surface area (Å²) in [6, 6.07) is 10.2. The van der Waals surface area contributed by atoms with Gasteiger partial charge in [0.1, 0.15) is 17.9 Å². The van der Waals surface area contributed by atoms with Gasteiger partial charge in [-0.05, 0) is 31.0 Å². The van der Waals surface area contributed by atoms with Crippen LogP contribution in [-0.4, -0.2) is 35.2 Å². The summed E-state index contributed by atoms with van der Waals surface area (Å²) in [5.41, 5.74) is 1.15. The molecule has 2 aromatic heterocycles. The zero-order valence-corrected chi connectivity index (χ0v) is 13.7. The van der Waals surface area contributed by atoms with E-state index in [9.17, 15) is 0 Å². The maximum absolute atomic E-state index is 5.48. The number of methoxy groups -OCH3 is 1. The van der Waals surface area contributed by atoms with E-state index in [2.05, 4.69) is 25.9 Å². The third kappa shape index (κ3) is 2.66. The van der Waals surface area contributed by atoms with Gasteiger partial charge in [0.25, 0.3) is 0 Å². The van der Waals surface area contributed by atoms with Gasteiger partial charge in [-0.25, -0.2) is 15.0 Å². The van der Waals surface area contributed by atoms with E-state index in [0.29, 0.717) is 5.92 Å². The van der Waals surface area contributed by atoms with Crippen LogP contribution >= 0.6 is 0 Å². The maximum atomic E-state index is 5.48. The summed E-state index contributed by atoms with van der Waals surface area (Å²) in [6.07, 6.45) is 7.50. The van der Waals surface area contributed by atoms with Crippen molar-refractivity contribution in [2.45, 2.75) is 18.8 Å². The number of rotatable bonds is 3. The van der Waals surface area contributed by atoms with Gasteiger partial charge in [-0.15, -0.1) is 0 Å². The van der Waals surface area contributed by atoms with Crippen LogP contribution in [0.2, 0.25) is 0 Å². The summed E-state index contributed by atoms with van der Waals surface area (Å²) >= 11 is 0. The molecule has 4 rings (SSSR count). The molecule has 1 aliphatic rings. The number of anilines is 1. The second-order valence-electron chi connectivity index (χ2n) is 6.09. The third-order valence-electron chi connectivity index (χ3n) is 4.78. The van der Waals surface area contributed by atoms with Crippen molar-refractivity contribution >= 4 is 16.6 Å². The first-order chi connectivity index (χ1) is 11.9. The molecule has 1 aliphatic heterocycles. The van der Waals surface area contributed by atoms with E-state index in [1.807, 2.05) is 36.7 Å². The summed E-state index contributed by atoms with van der Waals surface area (Å²) in [5, 5.41) is 2.26. The number of nitrogens with zero attached hydrogens (tertiary/aromatic N) is 4. The minimum absolute atomic E-state index is 0.508. The lowest BCUT2D eigenvalue weighted by molar-refractivity contribution is 0.420. The number of aromatic nitrogens is 3. The number of fused-ring (bicyclic) bond motifs is 1. The monoisotopic (exact) mass is 320 g/mol. The Balaban J connectivity index is 1.59. The molecule has 1 fully saturated rings. The SMILES string of the molecule is COc1cccc2c(N3CCC(c4ccncn4)CC3)nccc12. The molecule has 3 aromatic rings. The molecule has 1 saturated heterocycles. The fourth-order valence-electron chi connectivity index (χ4n) is 3.52. The Hall–Kier alpha value is -2.69. The van der Waals surface area contributed by atoms with Crippen molar-refractivity contribution in [2.24, 2.45) is 0 Å². The number of hydrogen-bond acceptors (Lipinski definition) is 5. The van der Waals surface area contributed by atoms with Crippen molar-refractivity contribution < 1.29 is 4.74 Å². The van der Waals surface area contributed by atoms with Gasteiger partial charge in [-0.2, -0.15) is 0 Å². The molecule has 1 aromatic carbocycles. The lowest BCUT2D eigenvalue weighted by atomic mass is 9.93. The Kier molecular flexibility index (Phi) is 3.99. The number of piperidine rings is 1. The predicted octanol–water partition coefficient (Wildman–Crippen LogP) is 3.42. The number of benzene rings is 1. The van der Waals surface area contributed by atoms with Crippen LogP contribution in [-0.2, 0) is 0 Å². The molecule has 0 unspecified atom stereocenters. The van der Waals surface area contributed by atoms with Gasteiger partial charge in [0.15, 0.2) is 0 Å². The average Bonchev–Trinajstić information content (AvgIpc) is 2.68. The van der Waals surface area contributed by atoms with E-state index >= 15 is 0 Å². The molecule has 0 radical (unpaired) electrons. The lowest BCUT2D eigenvalue weighted by Crippen LogP contribution is -2.33. The summed E-state index contributed by atoms with van der Waals surface area (Å²) in [7, 11) is 1.71. The highest BCUT2D eigenvalue weighted by atomic mass is 16.5. The van der Waals surface area contributed by atoms with E-state index in [0.717, 1.165) is 54.0 Å². The predicted molar refractivity (Wildman–Crippen MR) is 94.5 cm³/mol. The van der Waals surface area contributed by atoms with Gasteiger partial charge < -0.3 is 9.64 Å². The topological polar surface area (TPSA) is 51.1 Å². The van der Waals surface area contributed by atoms with Crippen molar-refractivity contribution in [1.29, 1.82) is 0 Å². The molecule has 0 saturated carbocycles. The van der Waals surface area contributed by atoms with Gasteiger partial charge in [-0.1, -0.05) is 12.1 Å². The normalized spacial score (nSPS) is 15.6. The fraction of sp³-hybridized carbons (Fsp3) is 0.316. The van der Waals surface area contributed by atoms with Crippen LogP contribution < -0.4 is 9.64 Å². The number of hydrogen-bond donors (Lipinski definition) is 0. The smallest absolute Gasteiger partial charge is 0.136 e. The Morgan fingerprint density at radius 1 is 1.00 bits per heavy atom. The van der Waals surface area contributed by atoms with E-state index in [-0.39, 0.29) is 0 Å². The second-order valence-corrected chi connectivity index (χ2v) is 6.09. The Morgan fingerprint density at radius 2 is 1.88 bits per heavy atom. The standard InChI is InChI=1S/C19H20N4O/c1-24-18-4-2-3-16-15(18)5-10-21-19(16)23-11-7-14(8-12-23)17-6-9-20-13-22-17/h2-6,9-10,13-14H,7-8,11-12H2,1H3. The minimum atomic E-state index is 0.508. The quantitative estimate of drug-likeness (QED) is 0.740. The van der Waals surface area contributed by atoms with E-state index in [1.165, 1.54) is 0 Å². The second kappa shape index (κ2) is 6.43. The number of ether oxygens (including phenoxy) is 1. The summed E-state index contributed by atoms with van der Waals surface area (Å²) in [6.45, 7) is 1.97. The van der Waals surface area contributed by atoms with Crippen LogP contribution in [0.5, 0.6) is 5.75 Å². The van der Waals surface area contributed by atoms with Crippen LogP contribution in [0.25, 0.3) is 10.8 Å². The first kappa shape index (κ1) is 14.9. The molecular formula is C19H20N4O. The Morgan fingerprint density at radius 3 is 2.62 bits per heavy atom. The molecular weight excluding hydrogens is 300 g/mol. The third-order valence-corrected chi connectivity index (χ3v) is 4.78. The fourth-order valence-corrected chi connectivity index (χ4v) is 3.52. The first-order valence-corrected chi connectivity index (χ1v) is 8.29. The molecule has 0 N–H and O–H groups in total. The molecule has 0 spiro atoms. The number of pyridine rings is 1. The Labute approximate surface area is 141 Å². The molecule has 0 aliphatic carbocycles. The summed E-state index contributed by atoms with van der Waals surface area (Å²) < 4.78 is 5.48.